The van der Waals surface area contributed by atoms with Crippen LogP contribution in [0.5, 0.6) is 0 Å². The number of hydrogen-bond acceptors (Lipinski definition) is 2. The van der Waals surface area contributed by atoms with Gasteiger partial charge in [0.05, 0.1) is 10.7 Å². The minimum absolute atomic E-state index is 0.734. The molecular formula is C13H14BrNO. The molecular weight excluding hydrogens is 266 g/mol. The van der Waals surface area contributed by atoms with Crippen LogP contribution in [0, 0.1) is 6.92 Å². The lowest BCUT2D eigenvalue weighted by atomic mass is 10.1. The van der Waals surface area contributed by atoms with Crippen LogP contribution in [-0.2, 0) is 6.54 Å². The van der Waals surface area contributed by atoms with Gasteiger partial charge in [0, 0.05) is 23.5 Å². The average Bonchev–Trinajstić information content (AvgIpc) is 2.97. The van der Waals surface area contributed by atoms with Gasteiger partial charge in [-0.1, -0.05) is 0 Å². The predicted octanol–water partition coefficient (Wildman–Crippen LogP) is 3.76. The van der Waals surface area contributed by atoms with Crippen LogP contribution in [0.2, 0.25) is 0 Å². The summed E-state index contributed by atoms with van der Waals surface area (Å²) in [6.07, 6.45) is 4.50. The molecule has 1 aliphatic rings. The Hall–Kier alpha value is -0.800. The van der Waals surface area contributed by atoms with E-state index in [1.807, 2.05) is 6.26 Å². The zero-order chi connectivity index (χ0) is 11.1. The molecule has 0 amide bonds. The van der Waals surface area contributed by atoms with Crippen molar-refractivity contribution in [2.24, 2.45) is 0 Å². The number of rotatable bonds is 3. The van der Waals surface area contributed by atoms with Gasteiger partial charge in [0.15, 0.2) is 0 Å². The predicted molar refractivity (Wildman–Crippen MR) is 68.5 cm³/mol. The van der Waals surface area contributed by atoms with E-state index in [4.69, 9.17) is 4.42 Å². The van der Waals surface area contributed by atoms with E-state index >= 15 is 0 Å². The summed E-state index contributed by atoms with van der Waals surface area (Å²) in [6.45, 7) is 3.02. The SMILES string of the molecule is Cc1cc(Br)c2occ(CNC3CC3)c2c1. The maximum Gasteiger partial charge on any atom is 0.148 e. The highest BCUT2D eigenvalue weighted by Gasteiger charge is 2.21. The lowest BCUT2D eigenvalue weighted by Gasteiger charge is -2.01. The van der Waals surface area contributed by atoms with Gasteiger partial charge < -0.3 is 9.73 Å². The highest BCUT2D eigenvalue weighted by atomic mass is 79.9. The Morgan fingerprint density at radius 2 is 2.25 bits per heavy atom. The summed E-state index contributed by atoms with van der Waals surface area (Å²) >= 11 is 3.54. The summed E-state index contributed by atoms with van der Waals surface area (Å²) < 4.78 is 6.64. The molecule has 1 fully saturated rings. The van der Waals surface area contributed by atoms with Crippen molar-refractivity contribution in [2.45, 2.75) is 32.4 Å². The van der Waals surface area contributed by atoms with Gasteiger partial charge in [-0.15, -0.1) is 0 Å². The van der Waals surface area contributed by atoms with Gasteiger partial charge in [-0.05, 0) is 53.4 Å². The minimum atomic E-state index is 0.734. The summed E-state index contributed by atoms with van der Waals surface area (Å²) in [5, 5.41) is 4.74. The lowest BCUT2D eigenvalue weighted by molar-refractivity contribution is 0.600. The molecule has 84 valence electrons. The standard InChI is InChI=1S/C13H14BrNO/c1-8-4-11-9(6-15-10-2-3-10)7-16-13(11)12(14)5-8/h4-5,7,10,15H,2-3,6H2,1H3. The number of hydrogen-bond donors (Lipinski definition) is 1. The molecule has 16 heavy (non-hydrogen) atoms. The van der Waals surface area contributed by atoms with Crippen LogP contribution in [0.25, 0.3) is 11.0 Å². The van der Waals surface area contributed by atoms with Crippen molar-refractivity contribution < 1.29 is 4.42 Å². The molecule has 3 rings (SSSR count). The van der Waals surface area contributed by atoms with Crippen LogP contribution >= 0.6 is 15.9 Å². The fourth-order valence-electron chi connectivity index (χ4n) is 1.96. The highest BCUT2D eigenvalue weighted by molar-refractivity contribution is 9.10. The van der Waals surface area contributed by atoms with Gasteiger partial charge >= 0.3 is 0 Å². The first-order chi connectivity index (χ1) is 7.74. The zero-order valence-electron chi connectivity index (χ0n) is 9.22. The largest absolute Gasteiger partial charge is 0.463 e. The molecule has 0 radical (unpaired) electrons. The van der Waals surface area contributed by atoms with E-state index in [0.29, 0.717) is 0 Å². The smallest absolute Gasteiger partial charge is 0.148 e. The van der Waals surface area contributed by atoms with Gasteiger partial charge in [0.1, 0.15) is 5.58 Å². The number of benzene rings is 1. The minimum Gasteiger partial charge on any atom is -0.463 e. The van der Waals surface area contributed by atoms with Crippen molar-refractivity contribution in [3.63, 3.8) is 0 Å². The molecule has 0 bridgehead atoms. The second-order valence-electron chi connectivity index (χ2n) is 4.54. The highest BCUT2D eigenvalue weighted by Crippen LogP contribution is 2.30. The topological polar surface area (TPSA) is 25.2 Å². The molecule has 1 heterocycles. The maximum absolute atomic E-state index is 5.60. The van der Waals surface area contributed by atoms with Crippen LogP contribution in [0.15, 0.2) is 27.3 Å². The molecule has 1 aliphatic carbocycles. The third kappa shape index (κ3) is 1.89. The van der Waals surface area contributed by atoms with Gasteiger partial charge in [0.2, 0.25) is 0 Å². The van der Waals surface area contributed by atoms with E-state index in [9.17, 15) is 0 Å². The zero-order valence-corrected chi connectivity index (χ0v) is 10.8. The molecule has 1 aromatic carbocycles. The molecule has 0 unspecified atom stereocenters. The quantitative estimate of drug-likeness (QED) is 0.926. The summed E-state index contributed by atoms with van der Waals surface area (Å²) in [5.74, 6) is 0. The van der Waals surface area contributed by atoms with Gasteiger partial charge in [-0.25, -0.2) is 0 Å². The molecule has 1 aromatic heterocycles. The molecule has 3 heteroatoms. The average molecular weight is 280 g/mol. The summed E-state index contributed by atoms with van der Waals surface area (Å²) in [6, 6.07) is 5.01. The van der Waals surface area contributed by atoms with E-state index in [0.717, 1.165) is 22.6 Å². The summed E-state index contributed by atoms with van der Waals surface area (Å²) in [7, 11) is 0. The number of furan rings is 1. The molecule has 0 spiro atoms. The van der Waals surface area contributed by atoms with Gasteiger partial charge in [-0.3, -0.25) is 0 Å². The van der Waals surface area contributed by atoms with E-state index < -0.39 is 0 Å². The Kier molecular flexibility index (Phi) is 2.52. The molecule has 2 nitrogen and oxygen atoms in total. The first-order valence-electron chi connectivity index (χ1n) is 5.63. The fraction of sp³-hybridized carbons (Fsp3) is 0.385. The monoisotopic (exact) mass is 279 g/mol. The Balaban J connectivity index is 1.97. The molecule has 0 aliphatic heterocycles. The third-order valence-electron chi connectivity index (χ3n) is 3.01. The van der Waals surface area contributed by atoms with E-state index in [-0.39, 0.29) is 0 Å². The van der Waals surface area contributed by atoms with Crippen LogP contribution < -0.4 is 5.32 Å². The van der Waals surface area contributed by atoms with Crippen molar-refractivity contribution in [2.75, 3.05) is 0 Å². The third-order valence-corrected chi connectivity index (χ3v) is 3.60. The van der Waals surface area contributed by atoms with E-state index in [2.05, 4.69) is 40.3 Å². The number of fused-ring (bicyclic) bond motifs is 1. The Labute approximate surface area is 103 Å². The summed E-state index contributed by atoms with van der Waals surface area (Å²) in [5.41, 5.74) is 3.47. The number of aryl methyl sites for hydroxylation is 1. The molecule has 2 aromatic rings. The number of nitrogens with one attached hydrogen (secondary N) is 1. The first kappa shape index (κ1) is 10.4. The lowest BCUT2D eigenvalue weighted by Crippen LogP contribution is -2.14. The maximum atomic E-state index is 5.60. The Morgan fingerprint density at radius 1 is 1.44 bits per heavy atom. The second kappa shape index (κ2) is 3.90. The van der Waals surface area contributed by atoms with Crippen molar-refractivity contribution in [3.8, 4) is 0 Å². The second-order valence-corrected chi connectivity index (χ2v) is 5.39. The van der Waals surface area contributed by atoms with E-state index in [1.165, 1.54) is 29.4 Å². The van der Waals surface area contributed by atoms with Crippen LogP contribution in [0.4, 0.5) is 0 Å². The Bertz CT molecular complexity index is 528. The normalized spacial score (nSPS) is 15.9. The molecule has 1 saturated carbocycles. The van der Waals surface area contributed by atoms with Crippen LogP contribution in [0.3, 0.4) is 0 Å². The fourth-order valence-corrected chi connectivity index (χ4v) is 2.63. The first-order valence-corrected chi connectivity index (χ1v) is 6.43. The van der Waals surface area contributed by atoms with Crippen molar-refractivity contribution in [1.29, 1.82) is 0 Å². The van der Waals surface area contributed by atoms with E-state index in [1.54, 1.807) is 0 Å². The number of halogens is 1. The summed E-state index contributed by atoms with van der Waals surface area (Å²) in [4.78, 5) is 0. The Morgan fingerprint density at radius 3 is 3.00 bits per heavy atom. The molecule has 1 N–H and O–H groups in total. The van der Waals surface area contributed by atoms with Crippen LogP contribution in [0.1, 0.15) is 24.0 Å². The molecule has 0 atom stereocenters. The van der Waals surface area contributed by atoms with Crippen molar-refractivity contribution >= 4 is 26.9 Å². The van der Waals surface area contributed by atoms with Crippen LogP contribution in [-0.4, -0.2) is 6.04 Å². The van der Waals surface area contributed by atoms with Crippen molar-refractivity contribution in [1.82, 2.24) is 5.32 Å². The van der Waals surface area contributed by atoms with Gasteiger partial charge in [0.25, 0.3) is 0 Å². The van der Waals surface area contributed by atoms with Crippen molar-refractivity contribution in [3.05, 3.63) is 34.0 Å². The molecule has 0 saturated heterocycles. The van der Waals surface area contributed by atoms with Gasteiger partial charge in [-0.2, -0.15) is 0 Å².